The van der Waals surface area contributed by atoms with E-state index in [0.29, 0.717) is 0 Å². The number of unbranched alkanes of at least 4 members (excludes halogenated alkanes) is 4. The molecule has 2 rings (SSSR count). The van der Waals surface area contributed by atoms with Gasteiger partial charge in [-0.2, -0.15) is 0 Å². The highest BCUT2D eigenvalue weighted by Crippen LogP contribution is 2.32. The molecule has 2 aromatic rings. The Bertz CT molecular complexity index is 625. The van der Waals surface area contributed by atoms with Gasteiger partial charge in [-0.15, -0.1) is 0 Å². The number of nitrogens with two attached hydrogens (primary N) is 1. The van der Waals surface area contributed by atoms with Crippen molar-refractivity contribution in [2.24, 2.45) is 5.73 Å². The third-order valence-electron chi connectivity index (χ3n) is 4.54. The van der Waals surface area contributed by atoms with Gasteiger partial charge in [-0.25, -0.2) is 0 Å². The molecule has 0 heterocycles. The minimum absolute atomic E-state index is 0.797. The van der Waals surface area contributed by atoms with Crippen LogP contribution in [0, 0.1) is 20.8 Å². The molecule has 130 valence electrons. The first-order valence-electron chi connectivity index (χ1n) is 9.13. The molecule has 0 fully saturated rings. The first-order valence-corrected chi connectivity index (χ1v) is 9.13. The Morgan fingerprint density at radius 2 is 1.42 bits per heavy atom. The molecule has 2 aromatic carbocycles. The molecule has 0 amide bonds. The lowest BCUT2D eigenvalue weighted by atomic mass is 9.92. The van der Waals surface area contributed by atoms with Crippen LogP contribution in [0.15, 0.2) is 36.4 Å². The molecule has 0 saturated heterocycles. The highest BCUT2D eigenvalue weighted by molar-refractivity contribution is 5.74. The third kappa shape index (κ3) is 5.10. The zero-order chi connectivity index (χ0) is 17.4. The maximum Gasteiger partial charge on any atom is 0.119 e. The molecule has 0 bridgehead atoms. The van der Waals surface area contributed by atoms with Gasteiger partial charge in [-0.3, -0.25) is 0 Å². The average molecular weight is 325 g/mol. The van der Waals surface area contributed by atoms with Crippen molar-refractivity contribution in [1.82, 2.24) is 0 Å². The monoisotopic (exact) mass is 325 g/mol. The normalized spacial score (nSPS) is 10.8. The molecule has 0 aliphatic heterocycles. The number of aryl methyl sites for hydroxylation is 3. The van der Waals surface area contributed by atoms with E-state index in [9.17, 15) is 0 Å². The van der Waals surface area contributed by atoms with Gasteiger partial charge >= 0.3 is 0 Å². The maximum atomic E-state index is 5.97. The maximum absolute atomic E-state index is 5.97. The van der Waals surface area contributed by atoms with Gasteiger partial charge < -0.3 is 10.5 Å². The minimum atomic E-state index is 0.797. The minimum Gasteiger partial charge on any atom is -0.494 e. The van der Waals surface area contributed by atoms with Crippen molar-refractivity contribution in [2.45, 2.75) is 52.9 Å². The Morgan fingerprint density at radius 3 is 2.08 bits per heavy atom. The molecule has 0 saturated carbocycles. The lowest BCUT2D eigenvalue weighted by Crippen LogP contribution is -2.00. The van der Waals surface area contributed by atoms with Gasteiger partial charge in [-0.05, 0) is 80.1 Å². The van der Waals surface area contributed by atoms with E-state index in [-0.39, 0.29) is 0 Å². The van der Waals surface area contributed by atoms with Crippen LogP contribution >= 0.6 is 0 Å². The molecule has 24 heavy (non-hydrogen) atoms. The predicted octanol–water partition coefficient (Wildman–Crippen LogP) is 5.57. The zero-order valence-electron chi connectivity index (χ0n) is 15.4. The molecular weight excluding hydrogens is 294 g/mol. The molecule has 0 radical (unpaired) electrons. The summed E-state index contributed by atoms with van der Waals surface area (Å²) < 4.78 is 5.97. The van der Waals surface area contributed by atoms with Crippen LogP contribution in [0.25, 0.3) is 11.1 Å². The van der Waals surface area contributed by atoms with Gasteiger partial charge in [0.25, 0.3) is 0 Å². The standard InChI is InChI=1S/C22H31NO/c1-17-11-7-8-12-21(17)22-18(2)15-20(16-19(22)3)24-14-10-6-4-5-9-13-23/h7-8,11-12,15-16H,4-6,9-10,13-14,23H2,1-3H3. The highest BCUT2D eigenvalue weighted by atomic mass is 16.5. The van der Waals surface area contributed by atoms with Crippen molar-refractivity contribution in [3.8, 4) is 16.9 Å². The molecule has 0 spiro atoms. The van der Waals surface area contributed by atoms with Crippen LogP contribution in [0.4, 0.5) is 0 Å². The summed E-state index contributed by atoms with van der Waals surface area (Å²) in [5, 5.41) is 0. The molecule has 2 nitrogen and oxygen atoms in total. The molecule has 2 heteroatoms. The fourth-order valence-corrected chi connectivity index (χ4v) is 3.25. The van der Waals surface area contributed by atoms with Gasteiger partial charge in [0, 0.05) is 0 Å². The number of hydrogen-bond acceptors (Lipinski definition) is 2. The van der Waals surface area contributed by atoms with Crippen molar-refractivity contribution in [3.63, 3.8) is 0 Å². The van der Waals surface area contributed by atoms with E-state index in [2.05, 4.69) is 57.2 Å². The molecule has 0 aromatic heterocycles. The Morgan fingerprint density at radius 1 is 0.792 bits per heavy atom. The average Bonchev–Trinajstić information content (AvgIpc) is 2.55. The Hall–Kier alpha value is -1.80. The number of ether oxygens (including phenoxy) is 1. The number of rotatable bonds is 9. The summed E-state index contributed by atoms with van der Waals surface area (Å²) in [5.74, 6) is 0.990. The van der Waals surface area contributed by atoms with E-state index < -0.39 is 0 Å². The van der Waals surface area contributed by atoms with Crippen molar-refractivity contribution in [1.29, 1.82) is 0 Å². The van der Waals surface area contributed by atoms with E-state index in [1.54, 1.807) is 0 Å². The van der Waals surface area contributed by atoms with Crippen LogP contribution in [0.3, 0.4) is 0 Å². The largest absolute Gasteiger partial charge is 0.494 e. The molecule has 0 unspecified atom stereocenters. The van der Waals surface area contributed by atoms with Gasteiger partial charge in [0.05, 0.1) is 6.61 Å². The lowest BCUT2D eigenvalue weighted by molar-refractivity contribution is 0.304. The van der Waals surface area contributed by atoms with Crippen LogP contribution in [0.5, 0.6) is 5.75 Å². The molecule has 0 atom stereocenters. The molecule has 0 aliphatic carbocycles. The second-order valence-corrected chi connectivity index (χ2v) is 6.65. The summed E-state index contributed by atoms with van der Waals surface area (Å²) in [6.45, 7) is 8.12. The molecular formula is C22H31NO. The SMILES string of the molecule is Cc1ccccc1-c1c(C)cc(OCCCCCCCN)cc1C. The fraction of sp³-hybridized carbons (Fsp3) is 0.455. The van der Waals surface area contributed by atoms with Crippen LogP contribution in [0.1, 0.15) is 48.8 Å². The van der Waals surface area contributed by atoms with Crippen molar-refractivity contribution >= 4 is 0 Å². The van der Waals surface area contributed by atoms with Crippen molar-refractivity contribution in [3.05, 3.63) is 53.1 Å². The van der Waals surface area contributed by atoms with E-state index in [1.807, 2.05) is 0 Å². The van der Waals surface area contributed by atoms with E-state index in [0.717, 1.165) is 31.7 Å². The van der Waals surface area contributed by atoms with Gasteiger partial charge in [-0.1, -0.05) is 43.5 Å². The second-order valence-electron chi connectivity index (χ2n) is 6.65. The molecule has 2 N–H and O–H groups in total. The summed E-state index contributed by atoms with van der Waals surface area (Å²) in [6, 6.07) is 12.9. The van der Waals surface area contributed by atoms with E-state index in [1.165, 1.54) is 47.1 Å². The summed E-state index contributed by atoms with van der Waals surface area (Å²) in [5.41, 5.74) is 12.0. The first kappa shape index (κ1) is 18.5. The van der Waals surface area contributed by atoms with Crippen LogP contribution in [0.2, 0.25) is 0 Å². The Balaban J connectivity index is 1.96. The zero-order valence-corrected chi connectivity index (χ0v) is 15.4. The smallest absolute Gasteiger partial charge is 0.119 e. The number of hydrogen-bond donors (Lipinski definition) is 1. The lowest BCUT2D eigenvalue weighted by Gasteiger charge is -2.15. The second kappa shape index (κ2) is 9.48. The summed E-state index contributed by atoms with van der Waals surface area (Å²) in [7, 11) is 0. The summed E-state index contributed by atoms with van der Waals surface area (Å²) in [6.07, 6.45) is 5.96. The Kier molecular flexibility index (Phi) is 7.33. The summed E-state index contributed by atoms with van der Waals surface area (Å²) in [4.78, 5) is 0. The molecule has 0 aliphatic rings. The number of benzene rings is 2. The first-order chi connectivity index (χ1) is 11.6. The topological polar surface area (TPSA) is 35.2 Å². The van der Waals surface area contributed by atoms with Crippen LogP contribution in [-0.4, -0.2) is 13.2 Å². The van der Waals surface area contributed by atoms with Crippen molar-refractivity contribution < 1.29 is 4.74 Å². The van der Waals surface area contributed by atoms with Gasteiger partial charge in [0.1, 0.15) is 5.75 Å². The van der Waals surface area contributed by atoms with Crippen molar-refractivity contribution in [2.75, 3.05) is 13.2 Å². The predicted molar refractivity (Wildman–Crippen MR) is 104 cm³/mol. The highest BCUT2D eigenvalue weighted by Gasteiger charge is 2.10. The Labute approximate surface area is 147 Å². The summed E-state index contributed by atoms with van der Waals surface area (Å²) >= 11 is 0. The quantitative estimate of drug-likeness (QED) is 0.612. The van der Waals surface area contributed by atoms with Gasteiger partial charge in [0.15, 0.2) is 0 Å². The van der Waals surface area contributed by atoms with Crippen LogP contribution < -0.4 is 10.5 Å². The van der Waals surface area contributed by atoms with E-state index >= 15 is 0 Å². The van der Waals surface area contributed by atoms with Gasteiger partial charge in [0.2, 0.25) is 0 Å². The fourth-order valence-electron chi connectivity index (χ4n) is 3.25. The third-order valence-corrected chi connectivity index (χ3v) is 4.54. The van der Waals surface area contributed by atoms with E-state index in [4.69, 9.17) is 10.5 Å². The van der Waals surface area contributed by atoms with Crippen LogP contribution in [-0.2, 0) is 0 Å².